The maximum Gasteiger partial charge on any atom is 0.228 e. The number of fused-ring (bicyclic) bond motifs is 1. The first-order valence-corrected chi connectivity index (χ1v) is 10.6. The molecular formula is C23H27FN4O3. The van der Waals surface area contributed by atoms with Crippen LogP contribution in [0, 0.1) is 12.7 Å². The van der Waals surface area contributed by atoms with E-state index in [0.29, 0.717) is 50.6 Å². The maximum absolute atomic E-state index is 13.7. The second-order valence-electron chi connectivity index (χ2n) is 8.15. The molecule has 31 heavy (non-hydrogen) atoms. The lowest BCUT2D eigenvalue weighted by Gasteiger charge is -2.30. The van der Waals surface area contributed by atoms with Crippen LogP contribution >= 0.6 is 0 Å². The molecule has 1 unspecified atom stereocenters. The second-order valence-corrected chi connectivity index (χ2v) is 8.15. The molecular weight excluding hydrogens is 399 g/mol. The quantitative estimate of drug-likeness (QED) is 0.710. The van der Waals surface area contributed by atoms with Crippen molar-refractivity contribution in [3.8, 4) is 0 Å². The topological polar surface area (TPSA) is 75.6 Å². The molecule has 1 atom stereocenters. The third-order valence-corrected chi connectivity index (χ3v) is 6.01. The molecule has 1 aromatic heterocycles. The number of carbonyl (C=O) groups is 2. The van der Waals surface area contributed by atoms with Crippen molar-refractivity contribution < 1.29 is 18.7 Å². The minimum atomic E-state index is -0.328. The van der Waals surface area contributed by atoms with Crippen LogP contribution in [0.15, 0.2) is 24.3 Å². The van der Waals surface area contributed by atoms with Crippen LogP contribution < -0.4 is 4.90 Å². The van der Waals surface area contributed by atoms with Crippen molar-refractivity contribution in [1.29, 1.82) is 0 Å². The monoisotopic (exact) mass is 426 g/mol. The summed E-state index contributed by atoms with van der Waals surface area (Å²) in [4.78, 5) is 38.1. The predicted molar refractivity (Wildman–Crippen MR) is 113 cm³/mol. The smallest absolute Gasteiger partial charge is 0.228 e. The van der Waals surface area contributed by atoms with Crippen molar-refractivity contribution in [1.82, 2.24) is 14.9 Å². The van der Waals surface area contributed by atoms with E-state index in [4.69, 9.17) is 14.7 Å². The number of nitrogens with zero attached hydrogens (tertiary/aromatic N) is 4. The minimum Gasteiger partial charge on any atom is -0.384 e. The van der Waals surface area contributed by atoms with Gasteiger partial charge in [0.1, 0.15) is 17.5 Å². The van der Waals surface area contributed by atoms with Gasteiger partial charge in [0.25, 0.3) is 0 Å². The largest absolute Gasteiger partial charge is 0.384 e. The number of likely N-dealkylation sites (tertiary alicyclic amines) is 1. The third kappa shape index (κ3) is 4.58. The zero-order valence-electron chi connectivity index (χ0n) is 17.9. The van der Waals surface area contributed by atoms with Crippen LogP contribution in [0.2, 0.25) is 0 Å². The zero-order valence-corrected chi connectivity index (χ0v) is 17.9. The Bertz CT molecular complexity index is 997. The van der Waals surface area contributed by atoms with E-state index in [1.807, 2.05) is 11.8 Å². The lowest BCUT2D eigenvalue weighted by atomic mass is 10.0. The number of amides is 2. The van der Waals surface area contributed by atoms with Gasteiger partial charge in [-0.3, -0.25) is 14.5 Å². The van der Waals surface area contributed by atoms with Gasteiger partial charge in [-0.2, -0.15) is 0 Å². The van der Waals surface area contributed by atoms with Crippen molar-refractivity contribution in [2.24, 2.45) is 0 Å². The Labute approximate surface area is 181 Å². The molecule has 3 heterocycles. The molecule has 0 radical (unpaired) electrons. The summed E-state index contributed by atoms with van der Waals surface area (Å²) in [6.07, 6.45) is 2.14. The molecule has 7 nitrogen and oxygen atoms in total. The number of anilines is 1. The minimum absolute atomic E-state index is 0.0244. The van der Waals surface area contributed by atoms with Crippen LogP contribution in [0.4, 0.5) is 10.2 Å². The Morgan fingerprint density at radius 3 is 2.90 bits per heavy atom. The molecule has 0 bridgehead atoms. The fourth-order valence-corrected chi connectivity index (χ4v) is 4.31. The molecule has 2 aliphatic heterocycles. The molecule has 0 spiro atoms. The number of aryl methyl sites for hydroxylation is 1. The summed E-state index contributed by atoms with van der Waals surface area (Å²) in [5.41, 5.74) is 2.54. The Balaban J connectivity index is 1.59. The van der Waals surface area contributed by atoms with Crippen molar-refractivity contribution in [3.63, 3.8) is 0 Å². The Kier molecular flexibility index (Phi) is 6.27. The normalized spacial score (nSPS) is 18.4. The number of carbonyl (C=O) groups excluding carboxylic acids is 2. The lowest BCUT2D eigenvalue weighted by Crippen LogP contribution is -2.36. The molecule has 0 aliphatic carbocycles. The first-order chi connectivity index (χ1) is 15.0. The van der Waals surface area contributed by atoms with Gasteiger partial charge in [-0.05, 0) is 37.5 Å². The second kappa shape index (κ2) is 9.09. The summed E-state index contributed by atoms with van der Waals surface area (Å²) in [5, 5.41) is 0. The van der Waals surface area contributed by atoms with Gasteiger partial charge >= 0.3 is 0 Å². The first-order valence-electron chi connectivity index (χ1n) is 10.6. The number of hydrogen-bond donors (Lipinski definition) is 0. The SMILES string of the molecule is COCCC(=O)N1CCC(c2nc(C)c3c(n2)N(Cc2cccc(F)c2)C(=O)CC3)C1. The van der Waals surface area contributed by atoms with Crippen LogP contribution in [0.3, 0.4) is 0 Å². The number of ether oxygens (including phenoxy) is 1. The summed E-state index contributed by atoms with van der Waals surface area (Å²) in [6.45, 7) is 3.85. The fraction of sp³-hybridized carbons (Fsp3) is 0.478. The summed E-state index contributed by atoms with van der Waals surface area (Å²) in [6, 6.07) is 6.28. The van der Waals surface area contributed by atoms with Gasteiger partial charge in [-0.15, -0.1) is 0 Å². The molecule has 1 saturated heterocycles. The summed E-state index contributed by atoms with van der Waals surface area (Å²) in [5.74, 6) is 1.03. The fourth-order valence-electron chi connectivity index (χ4n) is 4.31. The van der Waals surface area contributed by atoms with Crippen molar-refractivity contribution >= 4 is 17.6 Å². The molecule has 2 amide bonds. The molecule has 164 valence electrons. The van der Waals surface area contributed by atoms with Crippen molar-refractivity contribution in [3.05, 3.63) is 52.7 Å². The number of methoxy groups -OCH3 is 1. The number of benzene rings is 1. The van der Waals surface area contributed by atoms with E-state index in [9.17, 15) is 14.0 Å². The standard InChI is InChI=1S/C23H27FN4O3/c1-15-19-6-7-21(30)28(13-16-4-3-5-18(24)12-16)23(19)26-22(25-15)17-8-10-27(14-17)20(29)9-11-31-2/h3-5,12,17H,6-11,13-14H2,1-2H3. The number of hydrogen-bond acceptors (Lipinski definition) is 5. The highest BCUT2D eigenvalue weighted by Crippen LogP contribution is 2.33. The van der Waals surface area contributed by atoms with Crippen molar-refractivity contribution in [2.45, 2.75) is 45.1 Å². The summed E-state index contributed by atoms with van der Waals surface area (Å²) < 4.78 is 18.7. The van der Waals surface area contributed by atoms with E-state index in [1.54, 1.807) is 24.1 Å². The van der Waals surface area contributed by atoms with E-state index >= 15 is 0 Å². The van der Waals surface area contributed by atoms with Crippen LogP contribution in [-0.4, -0.2) is 53.5 Å². The van der Waals surface area contributed by atoms with Gasteiger partial charge in [0.05, 0.1) is 19.6 Å². The van der Waals surface area contributed by atoms with Crippen LogP contribution in [-0.2, 0) is 27.3 Å². The average molecular weight is 426 g/mol. The van der Waals surface area contributed by atoms with E-state index in [1.165, 1.54) is 12.1 Å². The molecule has 1 aromatic carbocycles. The number of halogens is 1. The third-order valence-electron chi connectivity index (χ3n) is 6.01. The molecule has 2 aliphatic rings. The molecule has 4 rings (SSSR count). The average Bonchev–Trinajstić information content (AvgIpc) is 3.24. The number of rotatable bonds is 6. The van der Waals surface area contributed by atoms with Gasteiger partial charge < -0.3 is 9.64 Å². The highest BCUT2D eigenvalue weighted by molar-refractivity contribution is 5.95. The molecule has 1 fully saturated rings. The van der Waals surface area contributed by atoms with E-state index in [0.717, 1.165) is 23.2 Å². The molecule has 0 saturated carbocycles. The van der Waals surface area contributed by atoms with Crippen LogP contribution in [0.25, 0.3) is 0 Å². The Morgan fingerprint density at radius 2 is 2.13 bits per heavy atom. The summed E-state index contributed by atoms with van der Waals surface area (Å²) in [7, 11) is 1.58. The lowest BCUT2D eigenvalue weighted by molar-refractivity contribution is -0.131. The maximum atomic E-state index is 13.7. The van der Waals surface area contributed by atoms with Gasteiger partial charge in [-0.1, -0.05) is 12.1 Å². The molecule has 2 aromatic rings. The predicted octanol–water partition coefficient (Wildman–Crippen LogP) is 2.76. The first kappa shape index (κ1) is 21.4. The Hall–Kier alpha value is -2.87. The van der Waals surface area contributed by atoms with Crippen molar-refractivity contribution in [2.75, 3.05) is 31.7 Å². The van der Waals surface area contributed by atoms with Gasteiger partial charge in [0.2, 0.25) is 11.8 Å². The van der Waals surface area contributed by atoms with E-state index in [2.05, 4.69) is 0 Å². The molecule has 0 N–H and O–H groups in total. The van der Waals surface area contributed by atoms with Gasteiger partial charge in [0, 0.05) is 43.8 Å². The number of aromatic nitrogens is 2. The summed E-state index contributed by atoms with van der Waals surface area (Å²) >= 11 is 0. The van der Waals surface area contributed by atoms with Gasteiger partial charge in [0.15, 0.2) is 0 Å². The molecule has 8 heteroatoms. The van der Waals surface area contributed by atoms with Gasteiger partial charge in [-0.25, -0.2) is 14.4 Å². The highest BCUT2D eigenvalue weighted by Gasteiger charge is 2.33. The van der Waals surface area contributed by atoms with E-state index < -0.39 is 0 Å². The zero-order chi connectivity index (χ0) is 22.0. The van der Waals surface area contributed by atoms with Crippen LogP contribution in [0.1, 0.15) is 47.8 Å². The van der Waals surface area contributed by atoms with E-state index in [-0.39, 0.29) is 30.1 Å². The van der Waals surface area contributed by atoms with Crippen LogP contribution in [0.5, 0.6) is 0 Å². The highest BCUT2D eigenvalue weighted by atomic mass is 19.1. The Morgan fingerprint density at radius 1 is 1.29 bits per heavy atom.